The van der Waals surface area contributed by atoms with Crippen LogP contribution in [0.4, 0.5) is 0 Å². The van der Waals surface area contributed by atoms with Crippen molar-refractivity contribution in [2.75, 3.05) is 26.3 Å². The van der Waals surface area contributed by atoms with Crippen LogP contribution in [0.3, 0.4) is 0 Å². The molecule has 12 heavy (non-hydrogen) atoms. The van der Waals surface area contributed by atoms with Crippen molar-refractivity contribution in [3.8, 4) is 0 Å². The molecule has 1 aliphatic heterocycles. The molecule has 0 aromatic carbocycles. The van der Waals surface area contributed by atoms with E-state index in [1.165, 1.54) is 0 Å². The smallest absolute Gasteiger partial charge is 0.157 e. The van der Waals surface area contributed by atoms with Crippen LogP contribution >= 0.6 is 0 Å². The first-order valence-electron chi connectivity index (χ1n) is 4.80. The molecule has 0 amide bonds. The Balaban J connectivity index is 2.11. The van der Waals surface area contributed by atoms with Crippen LogP contribution in [0.25, 0.3) is 0 Å². The monoisotopic (exact) mass is 173 g/mol. The molecular formula is C9H19NO2. The first kappa shape index (κ1) is 9.96. The zero-order chi connectivity index (χ0) is 8.81. The normalized spacial score (nSPS) is 18.2. The van der Waals surface area contributed by atoms with Gasteiger partial charge in [-0.3, -0.25) is 0 Å². The summed E-state index contributed by atoms with van der Waals surface area (Å²) in [7, 11) is 0. The average molecular weight is 173 g/mol. The fraction of sp³-hybridized carbons (Fsp3) is 1.00. The van der Waals surface area contributed by atoms with E-state index in [4.69, 9.17) is 9.47 Å². The zero-order valence-corrected chi connectivity index (χ0v) is 8.01. The molecular weight excluding hydrogens is 154 g/mol. The number of nitrogens with one attached hydrogen (secondary N) is 1. The van der Waals surface area contributed by atoms with E-state index >= 15 is 0 Å². The van der Waals surface area contributed by atoms with Crippen molar-refractivity contribution in [2.45, 2.75) is 26.6 Å². The number of hydrogen-bond donors (Lipinski definition) is 1. The largest absolute Gasteiger partial charge is 0.353 e. The van der Waals surface area contributed by atoms with Gasteiger partial charge in [-0.1, -0.05) is 0 Å². The first-order valence-corrected chi connectivity index (χ1v) is 4.80. The van der Waals surface area contributed by atoms with Gasteiger partial charge in [0.25, 0.3) is 0 Å². The summed E-state index contributed by atoms with van der Waals surface area (Å²) in [6.45, 7) is 7.74. The van der Waals surface area contributed by atoms with Gasteiger partial charge in [-0.25, -0.2) is 0 Å². The minimum absolute atomic E-state index is 0.0205. The maximum atomic E-state index is 5.44. The molecule has 0 spiro atoms. The average Bonchev–Trinajstić information content (AvgIpc) is 1.97. The SMILES string of the molecule is CCOC(CC1CNC1)OCC. The van der Waals surface area contributed by atoms with Gasteiger partial charge < -0.3 is 14.8 Å². The highest BCUT2D eigenvalue weighted by Gasteiger charge is 2.21. The minimum atomic E-state index is 0.0205. The van der Waals surface area contributed by atoms with Crippen LogP contribution < -0.4 is 5.32 Å². The van der Waals surface area contributed by atoms with Gasteiger partial charge in [0.05, 0.1) is 0 Å². The quantitative estimate of drug-likeness (QED) is 0.608. The molecule has 0 aromatic rings. The Morgan fingerprint density at radius 3 is 2.17 bits per heavy atom. The topological polar surface area (TPSA) is 30.5 Å². The van der Waals surface area contributed by atoms with Crippen molar-refractivity contribution in [1.29, 1.82) is 0 Å². The third kappa shape index (κ3) is 3.09. The molecule has 0 atom stereocenters. The van der Waals surface area contributed by atoms with E-state index in [9.17, 15) is 0 Å². The Morgan fingerprint density at radius 1 is 1.25 bits per heavy atom. The van der Waals surface area contributed by atoms with Gasteiger partial charge in [0, 0.05) is 19.6 Å². The van der Waals surface area contributed by atoms with Crippen LogP contribution in [0, 0.1) is 5.92 Å². The van der Waals surface area contributed by atoms with Crippen LogP contribution in [-0.4, -0.2) is 32.6 Å². The van der Waals surface area contributed by atoms with Crippen LogP contribution in [0.1, 0.15) is 20.3 Å². The Bertz CT molecular complexity index is 109. The maximum Gasteiger partial charge on any atom is 0.157 e. The summed E-state index contributed by atoms with van der Waals surface area (Å²) in [4.78, 5) is 0. The van der Waals surface area contributed by atoms with E-state index in [1.54, 1.807) is 0 Å². The lowest BCUT2D eigenvalue weighted by atomic mass is 9.99. The Morgan fingerprint density at radius 2 is 1.83 bits per heavy atom. The molecule has 1 N–H and O–H groups in total. The van der Waals surface area contributed by atoms with Gasteiger partial charge in [0.1, 0.15) is 0 Å². The van der Waals surface area contributed by atoms with Crippen molar-refractivity contribution in [2.24, 2.45) is 5.92 Å². The second-order valence-electron chi connectivity index (χ2n) is 3.10. The lowest BCUT2D eigenvalue weighted by Crippen LogP contribution is -2.44. The van der Waals surface area contributed by atoms with Crippen LogP contribution in [0.2, 0.25) is 0 Å². The van der Waals surface area contributed by atoms with Gasteiger partial charge in [0.2, 0.25) is 0 Å². The molecule has 0 bridgehead atoms. The summed E-state index contributed by atoms with van der Waals surface area (Å²) < 4.78 is 10.9. The Labute approximate surface area is 74.4 Å². The van der Waals surface area contributed by atoms with Crippen LogP contribution in [0.5, 0.6) is 0 Å². The van der Waals surface area contributed by atoms with Crippen molar-refractivity contribution < 1.29 is 9.47 Å². The van der Waals surface area contributed by atoms with Crippen molar-refractivity contribution in [3.05, 3.63) is 0 Å². The summed E-state index contributed by atoms with van der Waals surface area (Å²) in [6, 6.07) is 0. The maximum absolute atomic E-state index is 5.44. The highest BCUT2D eigenvalue weighted by atomic mass is 16.7. The summed E-state index contributed by atoms with van der Waals surface area (Å²) in [5.41, 5.74) is 0. The molecule has 1 saturated heterocycles. The minimum Gasteiger partial charge on any atom is -0.353 e. The van der Waals surface area contributed by atoms with E-state index in [0.717, 1.165) is 38.6 Å². The lowest BCUT2D eigenvalue weighted by molar-refractivity contribution is -0.148. The molecule has 3 heteroatoms. The second-order valence-corrected chi connectivity index (χ2v) is 3.10. The van der Waals surface area contributed by atoms with E-state index in [2.05, 4.69) is 5.32 Å². The lowest BCUT2D eigenvalue weighted by Gasteiger charge is -2.30. The molecule has 3 nitrogen and oxygen atoms in total. The fourth-order valence-corrected chi connectivity index (χ4v) is 1.34. The first-order chi connectivity index (χ1) is 5.86. The van der Waals surface area contributed by atoms with Gasteiger partial charge in [0.15, 0.2) is 6.29 Å². The highest BCUT2D eigenvalue weighted by molar-refractivity contribution is 4.75. The second kappa shape index (κ2) is 5.51. The predicted octanol–water partition coefficient (Wildman–Crippen LogP) is 0.995. The molecule has 0 aliphatic carbocycles. The van der Waals surface area contributed by atoms with Crippen molar-refractivity contribution >= 4 is 0 Å². The molecule has 0 aromatic heterocycles. The number of rotatable bonds is 6. The summed E-state index contributed by atoms with van der Waals surface area (Å²) in [5, 5.41) is 3.24. The van der Waals surface area contributed by atoms with Crippen molar-refractivity contribution in [3.63, 3.8) is 0 Å². The van der Waals surface area contributed by atoms with Gasteiger partial charge in [-0.05, 0) is 32.9 Å². The van der Waals surface area contributed by atoms with E-state index < -0.39 is 0 Å². The van der Waals surface area contributed by atoms with Crippen LogP contribution in [-0.2, 0) is 9.47 Å². The summed E-state index contributed by atoms with van der Waals surface area (Å²) in [5.74, 6) is 0.757. The molecule has 1 heterocycles. The molecule has 1 rings (SSSR count). The standard InChI is InChI=1S/C9H19NO2/c1-3-11-9(12-4-2)5-8-6-10-7-8/h8-10H,3-7H2,1-2H3. The summed E-state index contributed by atoms with van der Waals surface area (Å²) >= 11 is 0. The molecule has 72 valence electrons. The fourth-order valence-electron chi connectivity index (χ4n) is 1.34. The predicted molar refractivity (Wildman–Crippen MR) is 48.0 cm³/mol. The highest BCUT2D eigenvalue weighted by Crippen LogP contribution is 2.14. The van der Waals surface area contributed by atoms with E-state index in [0.29, 0.717) is 0 Å². The number of hydrogen-bond acceptors (Lipinski definition) is 3. The Hall–Kier alpha value is -0.120. The molecule has 0 saturated carbocycles. The third-order valence-corrected chi connectivity index (χ3v) is 2.10. The molecule has 1 aliphatic rings. The number of ether oxygens (including phenoxy) is 2. The molecule has 1 fully saturated rings. The van der Waals surface area contributed by atoms with E-state index in [1.807, 2.05) is 13.8 Å². The molecule has 0 radical (unpaired) electrons. The van der Waals surface area contributed by atoms with Gasteiger partial charge in [-0.15, -0.1) is 0 Å². The zero-order valence-electron chi connectivity index (χ0n) is 8.01. The van der Waals surface area contributed by atoms with Crippen LogP contribution in [0.15, 0.2) is 0 Å². The Kier molecular flexibility index (Phi) is 4.58. The summed E-state index contributed by atoms with van der Waals surface area (Å²) in [6.07, 6.45) is 1.06. The molecule has 0 unspecified atom stereocenters. The van der Waals surface area contributed by atoms with Gasteiger partial charge in [-0.2, -0.15) is 0 Å². The van der Waals surface area contributed by atoms with E-state index in [-0.39, 0.29) is 6.29 Å². The third-order valence-electron chi connectivity index (χ3n) is 2.10. The van der Waals surface area contributed by atoms with Crippen molar-refractivity contribution in [1.82, 2.24) is 5.32 Å². The van der Waals surface area contributed by atoms with Gasteiger partial charge >= 0.3 is 0 Å².